The van der Waals surface area contributed by atoms with Gasteiger partial charge in [0.05, 0.1) is 6.07 Å². The van der Waals surface area contributed by atoms with Crippen LogP contribution in [0.5, 0.6) is 0 Å². The third-order valence-corrected chi connectivity index (χ3v) is 3.13. The van der Waals surface area contributed by atoms with Gasteiger partial charge in [0.15, 0.2) is 18.1 Å². The summed E-state index contributed by atoms with van der Waals surface area (Å²) >= 11 is 0. The van der Waals surface area contributed by atoms with Gasteiger partial charge in [-0.2, -0.15) is 5.26 Å². The van der Waals surface area contributed by atoms with Gasteiger partial charge in [0.1, 0.15) is 11.6 Å². The molecule has 0 aliphatic carbocycles. The number of Topliss-reactive ketones (excluding diaryl/α,β-unsaturated/α-hetero) is 1. The van der Waals surface area contributed by atoms with Crippen LogP contribution in [0.1, 0.15) is 23.1 Å². The number of esters is 1. The van der Waals surface area contributed by atoms with Crippen LogP contribution in [0.25, 0.3) is 5.65 Å². The lowest BCUT2D eigenvalue weighted by molar-refractivity contribution is -0.122. The Labute approximate surface area is 126 Å². The number of carbonyl (C=O) groups excluding carboxylic acids is 2. The fourth-order valence-corrected chi connectivity index (χ4v) is 1.95. The Morgan fingerprint density at radius 1 is 1.50 bits per heavy atom. The molecule has 0 saturated carbocycles. The predicted molar refractivity (Wildman–Crippen MR) is 77.7 cm³/mol. The van der Waals surface area contributed by atoms with Crippen LogP contribution >= 0.6 is 0 Å². The molecule has 7 nitrogen and oxygen atoms in total. The molecular weight excluding hydrogens is 284 g/mol. The highest BCUT2D eigenvalue weighted by molar-refractivity contribution is 6.06. The average molecular weight is 298 g/mol. The monoisotopic (exact) mass is 298 g/mol. The summed E-state index contributed by atoms with van der Waals surface area (Å²) in [4.78, 5) is 27.8. The van der Waals surface area contributed by atoms with E-state index in [1.807, 2.05) is 19.1 Å². The second-order valence-corrected chi connectivity index (χ2v) is 4.81. The Morgan fingerprint density at radius 3 is 2.82 bits per heavy atom. The standard InChI is InChI=1S/C15H14N4O3/c1-9-4-3-5-14-18-12(7-19(9)14)15(21)22-8-13(20)11(6-16)10(2)17/h3-5,7,11,17H,8H2,1-2H3/t11-/m1/s1. The van der Waals surface area contributed by atoms with Crippen molar-refractivity contribution in [2.24, 2.45) is 5.92 Å². The number of hydrogen-bond donors (Lipinski definition) is 1. The first-order chi connectivity index (χ1) is 10.4. The van der Waals surface area contributed by atoms with Gasteiger partial charge in [0, 0.05) is 17.6 Å². The number of aryl methyl sites for hydroxylation is 1. The number of fused-ring (bicyclic) bond motifs is 1. The van der Waals surface area contributed by atoms with Crippen molar-refractivity contribution in [2.45, 2.75) is 13.8 Å². The Bertz CT molecular complexity index is 801. The number of rotatable bonds is 5. The van der Waals surface area contributed by atoms with E-state index >= 15 is 0 Å². The molecule has 0 saturated heterocycles. The van der Waals surface area contributed by atoms with Gasteiger partial charge in [-0.05, 0) is 26.0 Å². The zero-order chi connectivity index (χ0) is 16.3. The van der Waals surface area contributed by atoms with E-state index in [2.05, 4.69) is 4.98 Å². The Hall–Kier alpha value is -3.01. The Balaban J connectivity index is 2.09. The van der Waals surface area contributed by atoms with E-state index in [1.165, 1.54) is 13.1 Å². The van der Waals surface area contributed by atoms with Crippen molar-refractivity contribution in [1.82, 2.24) is 9.38 Å². The molecule has 0 radical (unpaired) electrons. The second-order valence-electron chi connectivity index (χ2n) is 4.81. The molecule has 7 heteroatoms. The fourth-order valence-electron chi connectivity index (χ4n) is 1.95. The number of carbonyl (C=O) groups is 2. The van der Waals surface area contributed by atoms with Gasteiger partial charge in [-0.25, -0.2) is 9.78 Å². The average Bonchev–Trinajstić information content (AvgIpc) is 2.90. The summed E-state index contributed by atoms with van der Waals surface area (Å²) in [6, 6.07) is 7.15. The minimum atomic E-state index is -1.18. The lowest BCUT2D eigenvalue weighted by Gasteiger charge is -2.06. The molecule has 2 aromatic heterocycles. The number of nitrogens with zero attached hydrogens (tertiary/aromatic N) is 3. The normalized spacial score (nSPS) is 11.7. The molecule has 2 aromatic rings. The highest BCUT2D eigenvalue weighted by Crippen LogP contribution is 2.10. The van der Waals surface area contributed by atoms with E-state index in [9.17, 15) is 9.59 Å². The van der Waals surface area contributed by atoms with Crippen molar-refractivity contribution >= 4 is 23.1 Å². The van der Waals surface area contributed by atoms with E-state index < -0.39 is 24.3 Å². The lowest BCUT2D eigenvalue weighted by Crippen LogP contribution is -2.25. The molecular formula is C15H14N4O3. The molecule has 0 spiro atoms. The maximum atomic E-state index is 11.9. The number of imidazole rings is 1. The third kappa shape index (κ3) is 3.01. The summed E-state index contributed by atoms with van der Waals surface area (Å²) in [5, 5.41) is 16.1. The van der Waals surface area contributed by atoms with Crippen LogP contribution in [0, 0.1) is 29.6 Å². The number of ketones is 1. The summed E-state index contributed by atoms with van der Waals surface area (Å²) in [5.74, 6) is -2.55. The van der Waals surface area contributed by atoms with E-state index in [-0.39, 0.29) is 11.4 Å². The van der Waals surface area contributed by atoms with Crippen LogP contribution in [0.2, 0.25) is 0 Å². The van der Waals surface area contributed by atoms with Crippen LogP contribution < -0.4 is 0 Å². The number of nitriles is 1. The zero-order valence-corrected chi connectivity index (χ0v) is 12.2. The largest absolute Gasteiger partial charge is 0.453 e. The molecule has 1 atom stereocenters. The molecule has 0 aliphatic heterocycles. The van der Waals surface area contributed by atoms with Gasteiger partial charge in [-0.15, -0.1) is 0 Å². The first-order valence-corrected chi connectivity index (χ1v) is 6.53. The maximum absolute atomic E-state index is 11.9. The van der Waals surface area contributed by atoms with Crippen LogP contribution in [0.4, 0.5) is 0 Å². The minimum Gasteiger partial charge on any atom is -0.453 e. The van der Waals surface area contributed by atoms with Gasteiger partial charge in [-0.3, -0.25) is 4.79 Å². The van der Waals surface area contributed by atoms with Gasteiger partial charge in [-0.1, -0.05) is 6.07 Å². The fraction of sp³-hybridized carbons (Fsp3) is 0.267. The van der Waals surface area contributed by atoms with Crippen molar-refractivity contribution in [1.29, 1.82) is 10.7 Å². The maximum Gasteiger partial charge on any atom is 0.359 e. The molecule has 112 valence electrons. The number of nitrogens with one attached hydrogen (secondary N) is 1. The van der Waals surface area contributed by atoms with Crippen molar-refractivity contribution in [2.75, 3.05) is 6.61 Å². The van der Waals surface area contributed by atoms with Crippen LogP contribution in [0.15, 0.2) is 24.4 Å². The van der Waals surface area contributed by atoms with Crippen molar-refractivity contribution in [3.63, 3.8) is 0 Å². The molecule has 1 N–H and O–H groups in total. The van der Waals surface area contributed by atoms with Crippen molar-refractivity contribution in [3.05, 3.63) is 35.8 Å². The number of hydrogen-bond acceptors (Lipinski definition) is 6. The molecule has 2 rings (SSSR count). The highest BCUT2D eigenvalue weighted by Gasteiger charge is 2.22. The number of aromatic nitrogens is 2. The van der Waals surface area contributed by atoms with Gasteiger partial charge in [0.2, 0.25) is 0 Å². The first-order valence-electron chi connectivity index (χ1n) is 6.53. The first kappa shape index (κ1) is 15.4. The molecule has 0 bridgehead atoms. The molecule has 0 unspecified atom stereocenters. The molecule has 0 fully saturated rings. The summed E-state index contributed by atoms with van der Waals surface area (Å²) in [5.41, 5.74) is 1.52. The van der Waals surface area contributed by atoms with E-state index in [1.54, 1.807) is 16.5 Å². The summed E-state index contributed by atoms with van der Waals surface area (Å²) in [6.45, 7) is 2.68. The molecule has 0 amide bonds. The molecule has 22 heavy (non-hydrogen) atoms. The van der Waals surface area contributed by atoms with E-state index in [0.717, 1.165) is 5.69 Å². The topological polar surface area (TPSA) is 108 Å². The highest BCUT2D eigenvalue weighted by atomic mass is 16.5. The van der Waals surface area contributed by atoms with Crippen LogP contribution in [0.3, 0.4) is 0 Å². The van der Waals surface area contributed by atoms with E-state index in [4.69, 9.17) is 15.4 Å². The zero-order valence-electron chi connectivity index (χ0n) is 12.2. The third-order valence-electron chi connectivity index (χ3n) is 3.13. The summed E-state index contributed by atoms with van der Waals surface area (Å²) in [7, 11) is 0. The van der Waals surface area contributed by atoms with Crippen molar-refractivity contribution in [3.8, 4) is 6.07 Å². The quantitative estimate of drug-likeness (QED) is 0.665. The molecule has 0 aliphatic rings. The Kier molecular flexibility index (Phi) is 4.32. The van der Waals surface area contributed by atoms with Crippen LogP contribution in [-0.2, 0) is 9.53 Å². The molecule has 0 aromatic carbocycles. The lowest BCUT2D eigenvalue weighted by atomic mass is 10.0. The van der Waals surface area contributed by atoms with E-state index in [0.29, 0.717) is 5.65 Å². The number of pyridine rings is 1. The molecule has 2 heterocycles. The smallest absolute Gasteiger partial charge is 0.359 e. The summed E-state index contributed by atoms with van der Waals surface area (Å²) in [6.07, 6.45) is 1.53. The Morgan fingerprint density at radius 2 is 2.23 bits per heavy atom. The minimum absolute atomic E-state index is 0.0769. The predicted octanol–water partition coefficient (Wildman–Crippen LogP) is 1.55. The SMILES string of the molecule is CC(=N)[C@@H](C#N)C(=O)COC(=O)c1cn2c(C)cccc2n1. The van der Waals surface area contributed by atoms with Gasteiger partial charge >= 0.3 is 5.97 Å². The second kappa shape index (κ2) is 6.18. The number of ether oxygens (including phenoxy) is 1. The van der Waals surface area contributed by atoms with Crippen LogP contribution in [-0.4, -0.2) is 33.5 Å². The van der Waals surface area contributed by atoms with Crippen molar-refractivity contribution < 1.29 is 14.3 Å². The van der Waals surface area contributed by atoms with Gasteiger partial charge < -0.3 is 14.5 Å². The summed E-state index contributed by atoms with van der Waals surface area (Å²) < 4.78 is 6.61. The van der Waals surface area contributed by atoms with Gasteiger partial charge in [0.25, 0.3) is 0 Å².